The Balaban J connectivity index is 2.76. The molecule has 0 saturated heterocycles. The number of hydrogen-bond donors (Lipinski definition) is 1. The van der Waals surface area contributed by atoms with Crippen molar-refractivity contribution in [2.45, 2.75) is 20.8 Å². The molecule has 0 saturated carbocycles. The van der Waals surface area contributed by atoms with Crippen LogP contribution < -0.4 is 5.32 Å². The van der Waals surface area contributed by atoms with Gasteiger partial charge in [0.1, 0.15) is 5.82 Å². The zero-order valence-electron chi connectivity index (χ0n) is 10.0. The van der Waals surface area contributed by atoms with E-state index < -0.39 is 0 Å². The Morgan fingerprint density at radius 2 is 1.94 bits per heavy atom. The number of carbonyl (C=O) groups excluding carboxylic acids is 1. The van der Waals surface area contributed by atoms with Crippen LogP contribution in [0.5, 0.6) is 0 Å². The van der Waals surface area contributed by atoms with E-state index in [1.54, 1.807) is 17.0 Å². The molecule has 0 aliphatic rings. The highest BCUT2D eigenvalue weighted by Crippen LogP contribution is 2.04. The zero-order chi connectivity index (χ0) is 12.0. The molecule has 16 heavy (non-hydrogen) atoms. The van der Waals surface area contributed by atoms with Crippen LogP contribution in [0.25, 0.3) is 0 Å². The van der Waals surface area contributed by atoms with Crippen molar-refractivity contribution in [1.82, 2.24) is 15.1 Å². The van der Waals surface area contributed by atoms with Crippen LogP contribution in [0.1, 0.15) is 31.3 Å². The topological polar surface area (TPSA) is 58.1 Å². The summed E-state index contributed by atoms with van der Waals surface area (Å²) in [5, 5.41) is 10.9. The molecule has 0 radical (unpaired) electrons. The summed E-state index contributed by atoms with van der Waals surface area (Å²) in [4.78, 5) is 13.6. The van der Waals surface area contributed by atoms with Crippen LogP contribution in [-0.2, 0) is 0 Å². The zero-order valence-corrected chi connectivity index (χ0v) is 10.0. The Morgan fingerprint density at radius 1 is 1.25 bits per heavy atom. The van der Waals surface area contributed by atoms with E-state index >= 15 is 0 Å². The average Bonchev–Trinajstić information content (AvgIpc) is 2.32. The van der Waals surface area contributed by atoms with E-state index in [0.717, 1.165) is 6.54 Å². The molecule has 1 aromatic heterocycles. The highest BCUT2D eigenvalue weighted by Gasteiger charge is 2.13. The third-order valence-corrected chi connectivity index (χ3v) is 2.29. The predicted octanol–water partition coefficient (Wildman–Crippen LogP) is 1.39. The third kappa shape index (κ3) is 2.92. The van der Waals surface area contributed by atoms with Crippen LogP contribution in [0.4, 0.5) is 5.82 Å². The van der Waals surface area contributed by atoms with Gasteiger partial charge < -0.3 is 10.2 Å². The standard InChI is InChI=1S/C11H18N4O/c1-4-12-10-8-7-9(13-14-10)11(16)15(5-2)6-3/h7-8H,4-6H2,1-3H3,(H,12,14). The Kier molecular flexibility index (Phi) is 4.69. The van der Waals surface area contributed by atoms with E-state index in [1.165, 1.54) is 0 Å². The Bertz CT molecular complexity index is 332. The van der Waals surface area contributed by atoms with Crippen LogP contribution in [0.15, 0.2) is 12.1 Å². The van der Waals surface area contributed by atoms with Crippen LogP contribution >= 0.6 is 0 Å². The van der Waals surface area contributed by atoms with E-state index in [2.05, 4.69) is 15.5 Å². The summed E-state index contributed by atoms with van der Waals surface area (Å²) >= 11 is 0. The van der Waals surface area contributed by atoms with Gasteiger partial charge in [-0.15, -0.1) is 10.2 Å². The van der Waals surface area contributed by atoms with Gasteiger partial charge in [0.2, 0.25) is 0 Å². The SMILES string of the molecule is CCNc1ccc(C(=O)N(CC)CC)nn1. The van der Waals surface area contributed by atoms with Crippen molar-refractivity contribution >= 4 is 11.7 Å². The van der Waals surface area contributed by atoms with Crippen molar-refractivity contribution in [1.29, 1.82) is 0 Å². The second-order valence-electron chi connectivity index (χ2n) is 3.31. The molecular formula is C11H18N4O. The number of aromatic nitrogens is 2. The molecule has 1 heterocycles. The van der Waals surface area contributed by atoms with Gasteiger partial charge in [-0.1, -0.05) is 0 Å². The molecule has 0 bridgehead atoms. The predicted molar refractivity (Wildman–Crippen MR) is 63.4 cm³/mol. The molecule has 0 fully saturated rings. The molecule has 88 valence electrons. The maximum absolute atomic E-state index is 11.9. The molecule has 0 aliphatic heterocycles. The van der Waals surface area contributed by atoms with Crippen LogP contribution in [0.2, 0.25) is 0 Å². The summed E-state index contributed by atoms with van der Waals surface area (Å²) < 4.78 is 0. The Morgan fingerprint density at radius 3 is 2.38 bits per heavy atom. The first-order chi connectivity index (χ1) is 7.72. The molecule has 5 nitrogen and oxygen atoms in total. The molecule has 0 aliphatic carbocycles. The molecule has 1 aromatic rings. The van der Waals surface area contributed by atoms with Crippen LogP contribution in [-0.4, -0.2) is 40.6 Å². The molecule has 5 heteroatoms. The van der Waals surface area contributed by atoms with Crippen molar-refractivity contribution < 1.29 is 4.79 Å². The van der Waals surface area contributed by atoms with Crippen molar-refractivity contribution in [3.8, 4) is 0 Å². The van der Waals surface area contributed by atoms with Gasteiger partial charge in [-0.2, -0.15) is 0 Å². The summed E-state index contributed by atoms with van der Waals surface area (Å²) in [5.74, 6) is 0.624. The van der Waals surface area contributed by atoms with Gasteiger partial charge in [-0.3, -0.25) is 4.79 Å². The Labute approximate surface area is 95.9 Å². The highest BCUT2D eigenvalue weighted by molar-refractivity contribution is 5.92. The summed E-state index contributed by atoms with van der Waals surface area (Å²) in [5.41, 5.74) is 0.394. The van der Waals surface area contributed by atoms with Crippen molar-refractivity contribution in [2.24, 2.45) is 0 Å². The van der Waals surface area contributed by atoms with Crippen molar-refractivity contribution in [3.05, 3.63) is 17.8 Å². The molecule has 1 rings (SSSR count). The number of nitrogens with zero attached hydrogens (tertiary/aromatic N) is 3. The quantitative estimate of drug-likeness (QED) is 0.818. The molecule has 0 unspecified atom stereocenters. The minimum absolute atomic E-state index is 0.0689. The maximum atomic E-state index is 11.9. The van der Waals surface area contributed by atoms with E-state index in [1.807, 2.05) is 20.8 Å². The summed E-state index contributed by atoms with van der Waals surface area (Å²) in [6.45, 7) is 8.04. The summed E-state index contributed by atoms with van der Waals surface area (Å²) in [6.07, 6.45) is 0. The summed E-state index contributed by atoms with van der Waals surface area (Å²) in [6, 6.07) is 3.47. The first-order valence-corrected chi connectivity index (χ1v) is 5.59. The lowest BCUT2D eigenvalue weighted by Crippen LogP contribution is -2.31. The van der Waals surface area contributed by atoms with E-state index in [9.17, 15) is 4.79 Å². The number of amides is 1. The minimum Gasteiger partial charge on any atom is -0.369 e. The lowest BCUT2D eigenvalue weighted by molar-refractivity contribution is 0.0766. The number of carbonyl (C=O) groups is 1. The highest BCUT2D eigenvalue weighted by atomic mass is 16.2. The van der Waals surface area contributed by atoms with Crippen molar-refractivity contribution in [3.63, 3.8) is 0 Å². The number of hydrogen-bond acceptors (Lipinski definition) is 4. The summed E-state index contributed by atoms with van der Waals surface area (Å²) in [7, 11) is 0. The van der Waals surface area contributed by atoms with Crippen molar-refractivity contribution in [2.75, 3.05) is 25.0 Å². The number of nitrogens with one attached hydrogen (secondary N) is 1. The molecule has 0 aromatic carbocycles. The fraction of sp³-hybridized carbons (Fsp3) is 0.545. The molecule has 0 atom stereocenters. The second-order valence-corrected chi connectivity index (χ2v) is 3.31. The molecule has 1 amide bonds. The normalized spacial score (nSPS) is 9.94. The van der Waals surface area contributed by atoms with Gasteiger partial charge >= 0.3 is 0 Å². The van der Waals surface area contributed by atoms with Gasteiger partial charge in [0.05, 0.1) is 0 Å². The molecular weight excluding hydrogens is 204 g/mol. The van der Waals surface area contributed by atoms with E-state index in [0.29, 0.717) is 24.6 Å². The van der Waals surface area contributed by atoms with E-state index in [-0.39, 0.29) is 5.91 Å². The fourth-order valence-electron chi connectivity index (χ4n) is 1.39. The lowest BCUT2D eigenvalue weighted by atomic mass is 10.3. The number of anilines is 1. The van der Waals surface area contributed by atoms with Gasteiger partial charge in [0.15, 0.2) is 5.69 Å². The molecule has 0 spiro atoms. The van der Waals surface area contributed by atoms with Gasteiger partial charge in [0, 0.05) is 19.6 Å². The van der Waals surface area contributed by atoms with E-state index in [4.69, 9.17) is 0 Å². The van der Waals surface area contributed by atoms with Gasteiger partial charge in [-0.25, -0.2) is 0 Å². The lowest BCUT2D eigenvalue weighted by Gasteiger charge is -2.17. The minimum atomic E-state index is -0.0689. The van der Waals surface area contributed by atoms with Crippen LogP contribution in [0, 0.1) is 0 Å². The Hall–Kier alpha value is -1.65. The smallest absolute Gasteiger partial charge is 0.274 e. The second kappa shape index (κ2) is 6.05. The first-order valence-electron chi connectivity index (χ1n) is 5.59. The first kappa shape index (κ1) is 12.4. The maximum Gasteiger partial charge on any atom is 0.274 e. The van der Waals surface area contributed by atoms with Gasteiger partial charge in [0.25, 0.3) is 5.91 Å². The van der Waals surface area contributed by atoms with Gasteiger partial charge in [-0.05, 0) is 32.9 Å². The molecule has 1 N–H and O–H groups in total. The largest absolute Gasteiger partial charge is 0.369 e. The monoisotopic (exact) mass is 222 g/mol. The number of rotatable bonds is 5. The third-order valence-electron chi connectivity index (χ3n) is 2.29. The average molecular weight is 222 g/mol. The van der Waals surface area contributed by atoms with Crippen LogP contribution in [0.3, 0.4) is 0 Å². The fourth-order valence-corrected chi connectivity index (χ4v) is 1.39.